The van der Waals surface area contributed by atoms with Crippen molar-refractivity contribution in [2.75, 3.05) is 62.6 Å². The molecule has 2 amide bonds. The Labute approximate surface area is 227 Å². The Morgan fingerprint density at radius 2 is 1.79 bits per heavy atom. The van der Waals surface area contributed by atoms with Crippen molar-refractivity contribution in [1.29, 1.82) is 0 Å². The molecule has 1 aromatic rings. The lowest BCUT2D eigenvalue weighted by Gasteiger charge is -2.44. The summed E-state index contributed by atoms with van der Waals surface area (Å²) in [4.78, 5) is 36.9. The van der Waals surface area contributed by atoms with Crippen LogP contribution in [-0.2, 0) is 9.59 Å². The number of carbonyl (C=O) groups excluding carboxylic acids is 2. The van der Waals surface area contributed by atoms with Gasteiger partial charge in [0, 0.05) is 51.2 Å². The van der Waals surface area contributed by atoms with Crippen LogP contribution in [0.2, 0.25) is 0 Å². The van der Waals surface area contributed by atoms with Gasteiger partial charge in [-0.2, -0.15) is 0 Å². The summed E-state index contributed by atoms with van der Waals surface area (Å²) in [6, 6.07) is 0.611. The van der Waals surface area contributed by atoms with Gasteiger partial charge in [0.2, 0.25) is 11.8 Å². The molecule has 5 N–H and O–H groups in total. The molecular formula is C26H39F2N9O2. The smallest absolute Gasteiger partial charge is 0.233 e. The van der Waals surface area contributed by atoms with E-state index in [4.69, 9.17) is 5.73 Å². The van der Waals surface area contributed by atoms with Gasteiger partial charge in [-0.25, -0.2) is 19.2 Å². The number of piperidine rings is 2. The Bertz CT molecular complexity index is 1060. The summed E-state index contributed by atoms with van der Waals surface area (Å²) in [6.45, 7) is 5.27. The minimum Gasteiger partial charge on any atom is -0.367 e. The highest BCUT2D eigenvalue weighted by Gasteiger charge is 2.47. The van der Waals surface area contributed by atoms with Crippen LogP contribution in [0.4, 0.5) is 20.2 Å². The van der Waals surface area contributed by atoms with E-state index in [9.17, 15) is 14.0 Å². The van der Waals surface area contributed by atoms with Crippen molar-refractivity contribution in [3.63, 3.8) is 0 Å². The van der Waals surface area contributed by atoms with Gasteiger partial charge < -0.3 is 25.8 Å². The van der Waals surface area contributed by atoms with Gasteiger partial charge in [-0.1, -0.05) is 0 Å². The number of fused-ring (bicyclic) bond motifs is 1. The number of hydrazine groups is 1. The zero-order valence-electron chi connectivity index (χ0n) is 22.2. The Morgan fingerprint density at radius 1 is 1.05 bits per heavy atom. The number of nitrogens with two attached hydrogens (primary N) is 1. The highest BCUT2D eigenvalue weighted by Crippen LogP contribution is 2.34. The first-order valence-corrected chi connectivity index (χ1v) is 14.3. The van der Waals surface area contributed by atoms with Crippen LogP contribution in [0.5, 0.6) is 0 Å². The van der Waals surface area contributed by atoms with Crippen LogP contribution in [0.15, 0.2) is 12.4 Å². The second-order valence-corrected chi connectivity index (χ2v) is 11.5. The van der Waals surface area contributed by atoms with Crippen molar-refractivity contribution in [3.8, 4) is 0 Å². The number of anilines is 2. The number of pyridine rings is 1. The van der Waals surface area contributed by atoms with E-state index in [1.54, 1.807) is 5.01 Å². The van der Waals surface area contributed by atoms with E-state index in [0.717, 1.165) is 32.1 Å². The average molecular weight is 548 g/mol. The predicted octanol–water partition coefficient (Wildman–Crippen LogP) is 0.0609. The topological polar surface area (TPSA) is 122 Å². The zero-order valence-corrected chi connectivity index (χ0v) is 22.2. The summed E-state index contributed by atoms with van der Waals surface area (Å²) in [5, 5.41) is 7.48. The minimum absolute atomic E-state index is 0.0741. The molecule has 0 radical (unpaired) electrons. The van der Waals surface area contributed by atoms with Crippen molar-refractivity contribution >= 4 is 23.2 Å². The van der Waals surface area contributed by atoms with Gasteiger partial charge in [-0.15, -0.1) is 0 Å². The van der Waals surface area contributed by atoms with E-state index in [2.05, 4.69) is 25.9 Å². The lowest BCUT2D eigenvalue weighted by molar-refractivity contribution is -0.138. The van der Waals surface area contributed by atoms with E-state index < -0.39 is 36.1 Å². The monoisotopic (exact) mass is 547 g/mol. The van der Waals surface area contributed by atoms with Crippen LogP contribution in [-0.4, -0.2) is 109 Å². The van der Waals surface area contributed by atoms with E-state index >= 15 is 4.39 Å². The Kier molecular flexibility index (Phi) is 7.68. The summed E-state index contributed by atoms with van der Waals surface area (Å²) >= 11 is 0. The van der Waals surface area contributed by atoms with Crippen molar-refractivity contribution in [2.45, 2.75) is 56.6 Å². The van der Waals surface area contributed by atoms with Gasteiger partial charge in [0.1, 0.15) is 11.9 Å². The van der Waals surface area contributed by atoms with Gasteiger partial charge in [0.25, 0.3) is 0 Å². The Hall–Kier alpha value is -2.45. The summed E-state index contributed by atoms with van der Waals surface area (Å²) in [5.41, 5.74) is 9.67. The first-order valence-electron chi connectivity index (χ1n) is 14.3. The van der Waals surface area contributed by atoms with Crippen LogP contribution in [0.3, 0.4) is 0 Å². The third kappa shape index (κ3) is 5.34. The van der Waals surface area contributed by atoms with E-state index in [1.807, 2.05) is 9.80 Å². The molecule has 5 aliphatic heterocycles. The third-order valence-corrected chi connectivity index (χ3v) is 9.10. The lowest BCUT2D eigenvalue weighted by Crippen LogP contribution is -2.58. The number of alkyl halides is 1. The van der Waals surface area contributed by atoms with Gasteiger partial charge in [0.15, 0.2) is 5.82 Å². The van der Waals surface area contributed by atoms with Crippen LogP contribution >= 0.6 is 0 Å². The lowest BCUT2D eigenvalue weighted by atomic mass is 9.92. The predicted molar refractivity (Wildman–Crippen MR) is 142 cm³/mol. The van der Waals surface area contributed by atoms with Gasteiger partial charge in [-0.05, 0) is 45.2 Å². The maximum atomic E-state index is 15.1. The fourth-order valence-corrected chi connectivity index (χ4v) is 6.80. The van der Waals surface area contributed by atoms with Gasteiger partial charge >= 0.3 is 0 Å². The fraction of sp³-hybridized carbons (Fsp3) is 0.731. The quantitative estimate of drug-likeness (QED) is 0.406. The highest BCUT2D eigenvalue weighted by atomic mass is 19.1. The Morgan fingerprint density at radius 3 is 2.49 bits per heavy atom. The maximum Gasteiger partial charge on any atom is 0.233 e. The molecule has 5 saturated heterocycles. The molecule has 4 atom stereocenters. The van der Waals surface area contributed by atoms with Crippen LogP contribution in [0.1, 0.15) is 32.1 Å². The number of likely N-dealkylation sites (tertiary alicyclic amines) is 2. The molecule has 1 aromatic heterocycles. The van der Waals surface area contributed by atoms with Crippen LogP contribution in [0.25, 0.3) is 0 Å². The molecule has 6 heterocycles. The van der Waals surface area contributed by atoms with Gasteiger partial charge in [0.05, 0.1) is 36.3 Å². The maximum absolute atomic E-state index is 15.1. The molecule has 6 rings (SSSR count). The molecule has 0 aliphatic carbocycles. The molecule has 4 unspecified atom stereocenters. The molecule has 13 heteroatoms. The van der Waals surface area contributed by atoms with E-state index in [1.165, 1.54) is 25.7 Å². The summed E-state index contributed by atoms with van der Waals surface area (Å²) < 4.78 is 28.9. The van der Waals surface area contributed by atoms with Gasteiger partial charge in [-0.3, -0.25) is 19.9 Å². The number of carbonyl (C=O) groups is 2. The van der Waals surface area contributed by atoms with Crippen molar-refractivity contribution in [1.82, 2.24) is 30.5 Å². The normalized spacial score (nSPS) is 31.2. The Balaban J connectivity index is 1.07. The first-order chi connectivity index (χ1) is 18.9. The number of hydrogen-bond acceptors (Lipinski definition) is 9. The average Bonchev–Trinajstić information content (AvgIpc) is 3.23. The number of rotatable bonds is 5. The number of hydrogen-bond donors (Lipinski definition) is 4. The van der Waals surface area contributed by atoms with E-state index in [0.29, 0.717) is 32.0 Å². The van der Waals surface area contributed by atoms with Crippen molar-refractivity contribution < 1.29 is 18.4 Å². The highest BCUT2D eigenvalue weighted by molar-refractivity contribution is 5.96. The summed E-state index contributed by atoms with van der Waals surface area (Å²) in [6.07, 6.45) is 4.96. The summed E-state index contributed by atoms with van der Waals surface area (Å²) in [5.74, 6) is -1.50. The molecule has 0 spiro atoms. The number of nitrogens with one attached hydrogen (secondary N) is 3. The van der Waals surface area contributed by atoms with Crippen LogP contribution < -0.4 is 26.7 Å². The third-order valence-electron chi connectivity index (χ3n) is 9.10. The first kappa shape index (κ1) is 26.8. The second kappa shape index (κ2) is 11.2. The molecule has 39 heavy (non-hydrogen) atoms. The minimum atomic E-state index is -1.06. The molecule has 5 aliphatic rings. The second-order valence-electron chi connectivity index (χ2n) is 11.5. The standard InChI is InChI=1S/C26H39F2N9O2/c27-17-12-31-24-21(23(29)33-37(24)15-17)25(38)32-20-14-30-13-19(28)22(20)35-8-2-16(3-9-35)26(39)36-10-4-18(5-11-36)34-6-1-7-34/h13-14,16-18,21,23-24,31,33H,1-12,15,29H2,(H,32,38). The number of amides is 2. The molecule has 11 nitrogen and oxygen atoms in total. The molecule has 214 valence electrons. The number of halogens is 2. The van der Waals surface area contributed by atoms with Crippen LogP contribution in [0, 0.1) is 17.7 Å². The molecule has 0 aromatic carbocycles. The SMILES string of the molecule is NC1NN2CC(F)CNC2C1C(=O)Nc1cncc(F)c1N1CCC(C(=O)N2CCC(N3CCC3)CC2)CC1. The number of nitrogens with zero attached hydrogens (tertiary/aromatic N) is 5. The molecule has 0 bridgehead atoms. The van der Waals surface area contributed by atoms with Crippen molar-refractivity contribution in [2.24, 2.45) is 17.6 Å². The fourth-order valence-electron chi connectivity index (χ4n) is 6.80. The van der Waals surface area contributed by atoms with E-state index in [-0.39, 0.29) is 36.3 Å². The zero-order chi connectivity index (χ0) is 27.1. The largest absolute Gasteiger partial charge is 0.367 e. The molecule has 0 saturated carbocycles. The summed E-state index contributed by atoms with van der Waals surface area (Å²) in [7, 11) is 0. The number of aromatic nitrogens is 1. The van der Waals surface area contributed by atoms with Crippen molar-refractivity contribution in [3.05, 3.63) is 18.2 Å². The molecular weight excluding hydrogens is 508 g/mol. The molecule has 5 fully saturated rings.